The van der Waals surface area contributed by atoms with Crippen LogP contribution < -0.4 is 4.74 Å². The van der Waals surface area contributed by atoms with E-state index in [1.54, 1.807) is 0 Å². The van der Waals surface area contributed by atoms with E-state index in [1.807, 2.05) is 24.3 Å². The van der Waals surface area contributed by atoms with E-state index in [0.717, 1.165) is 42.4 Å². The summed E-state index contributed by atoms with van der Waals surface area (Å²) in [5.41, 5.74) is 1.06. The number of aromatic nitrogens is 1. The molecule has 0 radical (unpaired) electrons. The van der Waals surface area contributed by atoms with Gasteiger partial charge in [-0.3, -0.25) is 4.98 Å². The molecular formula is C19H22F3NO. The van der Waals surface area contributed by atoms with Gasteiger partial charge in [0.15, 0.2) is 0 Å². The minimum atomic E-state index is -4.38. The molecule has 130 valence electrons. The van der Waals surface area contributed by atoms with E-state index in [2.05, 4.69) is 11.9 Å². The molecule has 0 aliphatic carbocycles. The molecule has 0 bridgehead atoms. The molecule has 0 atom stereocenters. The molecule has 0 fully saturated rings. The molecule has 0 aliphatic rings. The van der Waals surface area contributed by atoms with Crippen molar-refractivity contribution in [1.29, 1.82) is 0 Å². The topological polar surface area (TPSA) is 22.1 Å². The highest BCUT2D eigenvalue weighted by Gasteiger charge is 2.31. The summed E-state index contributed by atoms with van der Waals surface area (Å²) in [7, 11) is 0. The third kappa shape index (κ3) is 5.87. The molecule has 2 nitrogen and oxygen atoms in total. The fraction of sp³-hybridized carbons (Fsp3) is 0.421. The zero-order chi connectivity index (χ0) is 17.4. The van der Waals surface area contributed by atoms with Gasteiger partial charge in [-0.1, -0.05) is 38.0 Å². The Hall–Kier alpha value is -2.04. The van der Waals surface area contributed by atoms with E-state index >= 15 is 0 Å². The number of aryl methyl sites for hydroxylation is 2. The first-order valence-corrected chi connectivity index (χ1v) is 8.23. The number of unbranched alkanes of at least 4 members (excludes halogenated alkanes) is 2. The molecule has 0 unspecified atom stereocenters. The lowest BCUT2D eigenvalue weighted by Gasteiger charge is -2.08. The second-order valence-corrected chi connectivity index (χ2v) is 5.75. The Bertz CT molecular complexity index is 606. The highest BCUT2D eigenvalue weighted by Crippen LogP contribution is 2.27. The maximum Gasteiger partial charge on any atom is 0.433 e. The summed E-state index contributed by atoms with van der Waals surface area (Å²) in [6, 6.07) is 10.4. The van der Waals surface area contributed by atoms with Crippen LogP contribution in [0.15, 0.2) is 42.6 Å². The number of halogens is 3. The minimum absolute atomic E-state index is 0.655. The summed E-state index contributed by atoms with van der Waals surface area (Å²) in [5, 5.41) is 0. The van der Waals surface area contributed by atoms with Gasteiger partial charge in [-0.05, 0) is 48.6 Å². The first-order chi connectivity index (χ1) is 11.5. The second-order valence-electron chi connectivity index (χ2n) is 5.75. The smallest absolute Gasteiger partial charge is 0.433 e. The van der Waals surface area contributed by atoms with Crippen LogP contribution >= 0.6 is 0 Å². The standard InChI is InChI=1S/C19H22F3NO/c1-2-3-4-13-24-17-10-7-15(8-11-17)5-6-16-9-12-18(23-14-16)19(20,21)22/h7-12,14H,2-6,13H2,1H3. The second kappa shape index (κ2) is 8.71. The van der Waals surface area contributed by atoms with Gasteiger partial charge in [0.1, 0.15) is 11.4 Å². The van der Waals surface area contributed by atoms with Gasteiger partial charge in [-0.15, -0.1) is 0 Å². The molecule has 0 amide bonds. The van der Waals surface area contributed by atoms with Crippen molar-refractivity contribution in [3.63, 3.8) is 0 Å². The molecule has 5 heteroatoms. The summed E-state index contributed by atoms with van der Waals surface area (Å²) < 4.78 is 43.1. The fourth-order valence-electron chi connectivity index (χ4n) is 2.32. The third-order valence-electron chi connectivity index (χ3n) is 3.76. The Morgan fingerprint density at radius 2 is 1.58 bits per heavy atom. The Balaban J connectivity index is 1.81. The molecule has 24 heavy (non-hydrogen) atoms. The van der Waals surface area contributed by atoms with Gasteiger partial charge in [0, 0.05) is 6.20 Å². The summed E-state index contributed by atoms with van der Waals surface area (Å²) in [6.45, 7) is 2.88. The van der Waals surface area contributed by atoms with Gasteiger partial charge in [-0.2, -0.15) is 13.2 Å². The lowest BCUT2D eigenvalue weighted by molar-refractivity contribution is -0.141. The van der Waals surface area contributed by atoms with Gasteiger partial charge >= 0.3 is 6.18 Å². The monoisotopic (exact) mass is 337 g/mol. The van der Waals surface area contributed by atoms with E-state index in [9.17, 15) is 13.2 Å². The molecule has 1 aromatic heterocycles. The van der Waals surface area contributed by atoms with Crippen LogP contribution in [0.5, 0.6) is 5.75 Å². The Morgan fingerprint density at radius 1 is 0.917 bits per heavy atom. The van der Waals surface area contributed by atoms with E-state index in [0.29, 0.717) is 6.42 Å². The minimum Gasteiger partial charge on any atom is -0.494 e. The maximum atomic E-state index is 12.5. The van der Waals surface area contributed by atoms with Crippen LogP contribution in [0.2, 0.25) is 0 Å². The first kappa shape index (κ1) is 18.3. The van der Waals surface area contributed by atoms with Crippen LogP contribution in [0.25, 0.3) is 0 Å². The molecular weight excluding hydrogens is 315 g/mol. The Labute approximate surface area is 140 Å². The van der Waals surface area contributed by atoms with Crippen molar-refractivity contribution in [1.82, 2.24) is 4.98 Å². The zero-order valence-corrected chi connectivity index (χ0v) is 13.8. The zero-order valence-electron chi connectivity index (χ0n) is 13.8. The number of rotatable bonds is 8. The SMILES string of the molecule is CCCCCOc1ccc(CCc2ccc(C(F)(F)F)nc2)cc1. The predicted molar refractivity (Wildman–Crippen MR) is 88.1 cm³/mol. The van der Waals surface area contributed by atoms with Gasteiger partial charge < -0.3 is 4.74 Å². The highest BCUT2D eigenvalue weighted by molar-refractivity contribution is 5.28. The van der Waals surface area contributed by atoms with Crippen molar-refractivity contribution in [3.8, 4) is 5.75 Å². The summed E-state index contributed by atoms with van der Waals surface area (Å²) in [4.78, 5) is 3.48. The van der Waals surface area contributed by atoms with Gasteiger partial charge in [0.05, 0.1) is 6.61 Å². The van der Waals surface area contributed by atoms with Crippen molar-refractivity contribution in [2.75, 3.05) is 6.61 Å². The number of ether oxygens (including phenoxy) is 1. The Morgan fingerprint density at radius 3 is 2.17 bits per heavy atom. The number of pyridine rings is 1. The quantitative estimate of drug-likeness (QED) is 0.597. The predicted octanol–water partition coefficient (Wildman–Crippen LogP) is 5.45. The maximum absolute atomic E-state index is 12.5. The normalized spacial score (nSPS) is 11.5. The number of alkyl halides is 3. The molecule has 0 N–H and O–H groups in total. The molecule has 0 saturated heterocycles. The van der Waals surface area contributed by atoms with Crippen LogP contribution in [0.4, 0.5) is 13.2 Å². The van der Waals surface area contributed by atoms with E-state index in [-0.39, 0.29) is 0 Å². The third-order valence-corrected chi connectivity index (χ3v) is 3.76. The fourth-order valence-corrected chi connectivity index (χ4v) is 2.32. The molecule has 1 heterocycles. The van der Waals surface area contributed by atoms with Crippen LogP contribution in [0, 0.1) is 0 Å². The average Bonchev–Trinajstić information content (AvgIpc) is 2.57. The molecule has 2 rings (SSSR count). The van der Waals surface area contributed by atoms with Crippen LogP contribution in [0.1, 0.15) is 43.0 Å². The van der Waals surface area contributed by atoms with Gasteiger partial charge in [0.25, 0.3) is 0 Å². The molecule has 1 aromatic carbocycles. The molecule has 2 aromatic rings. The van der Waals surface area contributed by atoms with Gasteiger partial charge in [-0.25, -0.2) is 0 Å². The average molecular weight is 337 g/mol. The summed E-state index contributed by atoms with van der Waals surface area (Å²) in [5.74, 6) is 0.853. The van der Waals surface area contributed by atoms with Crippen molar-refractivity contribution < 1.29 is 17.9 Å². The van der Waals surface area contributed by atoms with Crippen molar-refractivity contribution in [2.45, 2.75) is 45.2 Å². The van der Waals surface area contributed by atoms with Crippen LogP contribution in [-0.2, 0) is 19.0 Å². The van der Waals surface area contributed by atoms with E-state index < -0.39 is 11.9 Å². The molecule has 0 spiro atoms. The number of hydrogen-bond donors (Lipinski definition) is 0. The Kier molecular flexibility index (Phi) is 6.64. The molecule has 0 saturated carbocycles. The van der Waals surface area contributed by atoms with Crippen LogP contribution in [0.3, 0.4) is 0 Å². The number of hydrogen-bond acceptors (Lipinski definition) is 2. The largest absolute Gasteiger partial charge is 0.494 e. The molecule has 0 aliphatic heterocycles. The van der Waals surface area contributed by atoms with Gasteiger partial charge in [0.2, 0.25) is 0 Å². The highest BCUT2D eigenvalue weighted by atomic mass is 19.4. The van der Waals surface area contributed by atoms with Crippen molar-refractivity contribution >= 4 is 0 Å². The lowest BCUT2D eigenvalue weighted by Crippen LogP contribution is -2.07. The lowest BCUT2D eigenvalue weighted by atomic mass is 10.1. The number of nitrogens with zero attached hydrogens (tertiary/aromatic N) is 1. The summed E-state index contributed by atoms with van der Waals surface area (Å²) >= 11 is 0. The summed E-state index contributed by atoms with van der Waals surface area (Å²) in [6.07, 6.45) is 1.71. The van der Waals surface area contributed by atoms with Crippen molar-refractivity contribution in [2.24, 2.45) is 0 Å². The first-order valence-electron chi connectivity index (χ1n) is 8.23. The number of benzene rings is 1. The van der Waals surface area contributed by atoms with E-state index in [4.69, 9.17) is 4.74 Å². The van der Waals surface area contributed by atoms with Crippen molar-refractivity contribution in [3.05, 3.63) is 59.4 Å². The van der Waals surface area contributed by atoms with Crippen LogP contribution in [-0.4, -0.2) is 11.6 Å². The van der Waals surface area contributed by atoms with E-state index in [1.165, 1.54) is 25.1 Å².